The van der Waals surface area contributed by atoms with Crippen LogP contribution in [0.5, 0.6) is 0 Å². The molecule has 0 aromatic heterocycles. The molecule has 4 unspecified atom stereocenters. The van der Waals surface area contributed by atoms with Crippen molar-refractivity contribution in [3.8, 4) is 0 Å². The predicted molar refractivity (Wildman–Crippen MR) is 134 cm³/mol. The average Bonchev–Trinajstić information content (AvgIpc) is 3.28. The van der Waals surface area contributed by atoms with E-state index in [-0.39, 0.29) is 11.4 Å². The standard InChI is InChI=1S/C29H48O4/c1-11-29(10,12-2)14-13-24(23-17-21-16-22(23)15-20(21)5)32-26(31)27(6,7)18-28(8,9)33-25(30)19(3)4/h13,20-23H,3,11-12,14-18H2,1-2,4-10H3/b24-13-. The van der Waals surface area contributed by atoms with Gasteiger partial charge in [0.05, 0.1) is 5.41 Å². The molecule has 0 amide bonds. The number of ether oxygens (including phenoxy) is 2. The minimum absolute atomic E-state index is 0.219. The summed E-state index contributed by atoms with van der Waals surface area (Å²) in [6.07, 6.45) is 9.34. The Morgan fingerprint density at radius 2 is 1.61 bits per heavy atom. The Hall–Kier alpha value is -1.58. The van der Waals surface area contributed by atoms with Crippen molar-refractivity contribution >= 4 is 11.9 Å². The Bertz CT molecular complexity index is 766. The van der Waals surface area contributed by atoms with Crippen molar-refractivity contribution in [3.63, 3.8) is 0 Å². The fraction of sp³-hybridized carbons (Fsp3) is 0.793. The Balaban J connectivity index is 2.19. The molecule has 2 saturated carbocycles. The summed E-state index contributed by atoms with van der Waals surface area (Å²) in [4.78, 5) is 25.5. The molecule has 2 bridgehead atoms. The highest BCUT2D eigenvalue weighted by Gasteiger charge is 2.47. The van der Waals surface area contributed by atoms with E-state index in [0.29, 0.717) is 23.8 Å². The van der Waals surface area contributed by atoms with Crippen LogP contribution < -0.4 is 0 Å². The van der Waals surface area contributed by atoms with Gasteiger partial charge in [0.1, 0.15) is 11.4 Å². The third kappa shape index (κ3) is 6.96. The fourth-order valence-corrected chi connectivity index (χ4v) is 5.82. The SMILES string of the molecule is C=C(C)C(=O)OC(C)(C)CC(C)(C)C(=O)O/C(=C\CC(C)(CC)CC)C1CC2CC1CC2C. The number of hydrogen-bond acceptors (Lipinski definition) is 4. The maximum Gasteiger partial charge on any atom is 0.333 e. The van der Waals surface area contributed by atoms with Gasteiger partial charge in [-0.15, -0.1) is 0 Å². The second-order valence-electron chi connectivity index (χ2n) is 12.5. The highest BCUT2D eigenvalue weighted by Crippen LogP contribution is 2.54. The van der Waals surface area contributed by atoms with Gasteiger partial charge in [0, 0.05) is 17.9 Å². The molecule has 2 fully saturated rings. The van der Waals surface area contributed by atoms with Gasteiger partial charge < -0.3 is 9.47 Å². The Labute approximate surface area is 202 Å². The van der Waals surface area contributed by atoms with Crippen LogP contribution in [0.2, 0.25) is 0 Å². The lowest BCUT2D eigenvalue weighted by Crippen LogP contribution is -2.39. The zero-order valence-electron chi connectivity index (χ0n) is 22.7. The first kappa shape index (κ1) is 27.7. The van der Waals surface area contributed by atoms with E-state index in [1.807, 2.05) is 27.7 Å². The molecule has 2 rings (SSSR count). The van der Waals surface area contributed by atoms with Crippen molar-refractivity contribution in [2.24, 2.45) is 34.5 Å². The molecule has 33 heavy (non-hydrogen) atoms. The van der Waals surface area contributed by atoms with Gasteiger partial charge in [-0.25, -0.2) is 4.79 Å². The average molecular weight is 461 g/mol. The van der Waals surface area contributed by atoms with Gasteiger partial charge >= 0.3 is 11.9 Å². The van der Waals surface area contributed by atoms with Gasteiger partial charge in [0.2, 0.25) is 0 Å². The van der Waals surface area contributed by atoms with Gasteiger partial charge in [-0.05, 0) is 89.5 Å². The van der Waals surface area contributed by atoms with E-state index in [4.69, 9.17) is 9.47 Å². The van der Waals surface area contributed by atoms with Crippen LogP contribution in [-0.4, -0.2) is 17.5 Å². The minimum Gasteiger partial charge on any atom is -0.456 e. The minimum atomic E-state index is -0.798. The van der Waals surface area contributed by atoms with E-state index in [1.165, 1.54) is 12.8 Å². The summed E-state index contributed by atoms with van der Waals surface area (Å²) in [7, 11) is 0. The number of fused-ring (bicyclic) bond motifs is 2. The molecule has 4 heteroatoms. The molecule has 0 N–H and O–H groups in total. The largest absolute Gasteiger partial charge is 0.456 e. The molecular formula is C29H48O4. The van der Waals surface area contributed by atoms with Crippen LogP contribution in [0.25, 0.3) is 0 Å². The number of carbonyl (C=O) groups is 2. The normalized spacial score (nSPS) is 25.8. The van der Waals surface area contributed by atoms with Crippen LogP contribution in [0.15, 0.2) is 24.0 Å². The maximum atomic E-state index is 13.4. The van der Waals surface area contributed by atoms with Crippen molar-refractivity contribution < 1.29 is 19.1 Å². The van der Waals surface area contributed by atoms with E-state index in [2.05, 4.69) is 40.3 Å². The maximum absolute atomic E-state index is 13.4. The van der Waals surface area contributed by atoms with Crippen LogP contribution in [-0.2, 0) is 19.1 Å². The van der Waals surface area contributed by atoms with E-state index in [0.717, 1.165) is 43.3 Å². The Morgan fingerprint density at radius 3 is 2.06 bits per heavy atom. The molecular weight excluding hydrogens is 412 g/mol. The lowest BCUT2D eigenvalue weighted by Gasteiger charge is -2.35. The molecule has 0 radical (unpaired) electrons. The van der Waals surface area contributed by atoms with Gasteiger partial charge in [0.15, 0.2) is 0 Å². The van der Waals surface area contributed by atoms with Crippen molar-refractivity contribution in [2.75, 3.05) is 0 Å². The predicted octanol–water partition coefficient (Wildman–Crippen LogP) is 7.63. The molecule has 0 aromatic carbocycles. The number of hydrogen-bond donors (Lipinski definition) is 0. The summed E-state index contributed by atoms with van der Waals surface area (Å²) in [6.45, 7) is 21.9. The lowest BCUT2D eigenvalue weighted by molar-refractivity contribution is -0.163. The molecule has 4 nitrogen and oxygen atoms in total. The van der Waals surface area contributed by atoms with Crippen molar-refractivity contribution in [2.45, 2.75) is 113 Å². The Morgan fingerprint density at radius 1 is 1.00 bits per heavy atom. The third-order valence-electron chi connectivity index (χ3n) is 8.43. The number of carbonyl (C=O) groups excluding carboxylic acids is 2. The second kappa shape index (κ2) is 10.4. The molecule has 4 atom stereocenters. The van der Waals surface area contributed by atoms with Crippen LogP contribution in [0.4, 0.5) is 0 Å². The highest BCUT2D eigenvalue weighted by molar-refractivity contribution is 5.87. The zero-order valence-corrected chi connectivity index (χ0v) is 22.7. The van der Waals surface area contributed by atoms with Crippen LogP contribution >= 0.6 is 0 Å². The zero-order chi connectivity index (χ0) is 25.2. The number of esters is 2. The summed E-state index contributed by atoms with van der Waals surface area (Å²) in [5, 5.41) is 0. The van der Waals surface area contributed by atoms with Gasteiger partial charge in [-0.3, -0.25) is 4.79 Å². The number of allylic oxidation sites excluding steroid dienone is 2. The molecule has 2 aliphatic rings. The summed E-state index contributed by atoms with van der Waals surface area (Å²) in [6, 6.07) is 0. The second-order valence-corrected chi connectivity index (χ2v) is 12.5. The molecule has 0 aromatic rings. The van der Waals surface area contributed by atoms with Crippen molar-refractivity contribution in [1.82, 2.24) is 0 Å². The van der Waals surface area contributed by atoms with Gasteiger partial charge in [-0.1, -0.05) is 47.1 Å². The fourth-order valence-electron chi connectivity index (χ4n) is 5.82. The first-order chi connectivity index (χ1) is 15.1. The van der Waals surface area contributed by atoms with E-state index >= 15 is 0 Å². The summed E-state index contributed by atoms with van der Waals surface area (Å²) >= 11 is 0. The topological polar surface area (TPSA) is 52.6 Å². The number of rotatable bonds is 11. The quantitative estimate of drug-likeness (QED) is 0.181. The van der Waals surface area contributed by atoms with Crippen LogP contribution in [0, 0.1) is 34.5 Å². The first-order valence-electron chi connectivity index (χ1n) is 12.9. The van der Waals surface area contributed by atoms with Crippen LogP contribution in [0.3, 0.4) is 0 Å². The highest BCUT2D eigenvalue weighted by atomic mass is 16.6. The third-order valence-corrected chi connectivity index (χ3v) is 8.43. The summed E-state index contributed by atoms with van der Waals surface area (Å²) < 4.78 is 11.8. The smallest absolute Gasteiger partial charge is 0.333 e. The molecule has 0 saturated heterocycles. The monoisotopic (exact) mass is 460 g/mol. The van der Waals surface area contributed by atoms with E-state index < -0.39 is 17.0 Å². The summed E-state index contributed by atoms with van der Waals surface area (Å²) in [5.74, 6) is 2.71. The molecule has 0 spiro atoms. The van der Waals surface area contributed by atoms with E-state index in [9.17, 15) is 9.59 Å². The van der Waals surface area contributed by atoms with E-state index in [1.54, 1.807) is 6.92 Å². The Kier molecular flexibility index (Phi) is 8.68. The molecule has 0 aliphatic heterocycles. The van der Waals surface area contributed by atoms with Crippen molar-refractivity contribution in [1.29, 1.82) is 0 Å². The van der Waals surface area contributed by atoms with Gasteiger partial charge in [0.25, 0.3) is 0 Å². The van der Waals surface area contributed by atoms with Crippen molar-refractivity contribution in [3.05, 3.63) is 24.0 Å². The van der Waals surface area contributed by atoms with Crippen LogP contribution in [0.1, 0.15) is 107 Å². The molecule has 0 heterocycles. The molecule has 2 aliphatic carbocycles. The lowest BCUT2D eigenvalue weighted by atomic mass is 9.78. The van der Waals surface area contributed by atoms with Gasteiger partial charge in [-0.2, -0.15) is 0 Å². The first-order valence-corrected chi connectivity index (χ1v) is 12.9. The summed E-state index contributed by atoms with van der Waals surface area (Å²) in [5.41, 5.74) is -1.01. The molecule has 188 valence electrons.